The third-order valence-corrected chi connectivity index (χ3v) is 4.07. The zero-order valence-corrected chi connectivity index (χ0v) is 12.4. The molecule has 2 aromatic rings. The molecule has 3 nitrogen and oxygen atoms in total. The highest BCUT2D eigenvalue weighted by molar-refractivity contribution is 6.35. The SMILES string of the molecule is CC(N)c1cc2cccc(Cl)c2nc1N1CCC(F)(F)C1. The predicted molar refractivity (Wildman–Crippen MR) is 81.1 cm³/mol. The summed E-state index contributed by atoms with van der Waals surface area (Å²) in [5.41, 5.74) is 7.38. The third-order valence-electron chi connectivity index (χ3n) is 3.76. The number of nitrogens with two attached hydrogens (primary N) is 1. The third kappa shape index (κ3) is 2.68. The van der Waals surface area contributed by atoms with Crippen molar-refractivity contribution in [3.8, 4) is 0 Å². The number of rotatable bonds is 2. The van der Waals surface area contributed by atoms with Crippen LogP contribution < -0.4 is 10.6 Å². The lowest BCUT2D eigenvalue weighted by molar-refractivity contribution is 0.0256. The molecule has 6 heteroatoms. The summed E-state index contributed by atoms with van der Waals surface area (Å²) in [5, 5.41) is 1.38. The number of anilines is 1. The number of hydrogen-bond donors (Lipinski definition) is 1. The molecular weight excluding hydrogens is 296 g/mol. The number of fused-ring (bicyclic) bond motifs is 1. The summed E-state index contributed by atoms with van der Waals surface area (Å²) in [6.07, 6.45) is -0.159. The van der Waals surface area contributed by atoms with E-state index in [9.17, 15) is 8.78 Å². The Balaban J connectivity index is 2.15. The van der Waals surface area contributed by atoms with Crippen molar-refractivity contribution in [2.24, 2.45) is 5.73 Å². The molecule has 0 radical (unpaired) electrons. The molecular formula is C15H16ClF2N3. The lowest BCUT2D eigenvalue weighted by Gasteiger charge is -2.23. The van der Waals surface area contributed by atoms with Crippen molar-refractivity contribution in [1.29, 1.82) is 0 Å². The van der Waals surface area contributed by atoms with Crippen molar-refractivity contribution in [3.63, 3.8) is 0 Å². The van der Waals surface area contributed by atoms with E-state index in [-0.39, 0.29) is 25.6 Å². The molecule has 1 unspecified atom stereocenters. The van der Waals surface area contributed by atoms with E-state index in [0.717, 1.165) is 10.9 Å². The van der Waals surface area contributed by atoms with Gasteiger partial charge >= 0.3 is 0 Å². The molecule has 3 rings (SSSR count). The summed E-state index contributed by atoms with van der Waals surface area (Å²) >= 11 is 6.16. The minimum absolute atomic E-state index is 0.159. The number of nitrogens with zero attached hydrogens (tertiary/aromatic N) is 2. The number of halogens is 3. The minimum Gasteiger partial charge on any atom is -0.350 e. The Hall–Kier alpha value is -1.46. The van der Waals surface area contributed by atoms with Gasteiger partial charge in [-0.15, -0.1) is 0 Å². The number of benzene rings is 1. The standard InChI is InChI=1S/C15H16ClF2N3/c1-9(19)11-7-10-3-2-4-12(16)13(10)20-14(11)21-6-5-15(17,18)8-21/h2-4,7,9H,5-6,8,19H2,1H3. The summed E-state index contributed by atoms with van der Waals surface area (Å²) in [7, 11) is 0. The lowest BCUT2D eigenvalue weighted by atomic mass is 10.1. The first-order chi connectivity index (χ1) is 9.87. The van der Waals surface area contributed by atoms with Crippen molar-refractivity contribution in [3.05, 3.63) is 34.9 Å². The van der Waals surface area contributed by atoms with Gasteiger partial charge in [-0.3, -0.25) is 0 Å². The van der Waals surface area contributed by atoms with E-state index < -0.39 is 5.92 Å². The fourth-order valence-electron chi connectivity index (χ4n) is 2.67. The molecule has 1 aliphatic rings. The Morgan fingerprint density at radius 3 is 2.81 bits per heavy atom. The second kappa shape index (κ2) is 5.07. The van der Waals surface area contributed by atoms with Gasteiger partial charge in [-0.25, -0.2) is 13.8 Å². The molecule has 1 aromatic carbocycles. The van der Waals surface area contributed by atoms with Crippen LogP contribution in [0.4, 0.5) is 14.6 Å². The lowest BCUT2D eigenvalue weighted by Crippen LogP contribution is -2.27. The molecule has 21 heavy (non-hydrogen) atoms. The van der Waals surface area contributed by atoms with Crippen LogP contribution >= 0.6 is 11.6 Å². The van der Waals surface area contributed by atoms with E-state index >= 15 is 0 Å². The largest absolute Gasteiger partial charge is 0.350 e. The highest BCUT2D eigenvalue weighted by Crippen LogP contribution is 2.35. The van der Waals surface area contributed by atoms with E-state index in [1.807, 2.05) is 25.1 Å². The fraction of sp³-hybridized carbons (Fsp3) is 0.400. The Morgan fingerprint density at radius 1 is 1.43 bits per heavy atom. The van der Waals surface area contributed by atoms with Gasteiger partial charge in [-0.05, 0) is 19.1 Å². The van der Waals surface area contributed by atoms with Crippen molar-refractivity contribution >= 4 is 28.3 Å². The van der Waals surface area contributed by atoms with Gasteiger partial charge in [0.15, 0.2) is 0 Å². The van der Waals surface area contributed by atoms with Crippen LogP contribution in [-0.4, -0.2) is 24.0 Å². The van der Waals surface area contributed by atoms with Gasteiger partial charge in [-0.1, -0.05) is 23.7 Å². The van der Waals surface area contributed by atoms with Crippen LogP contribution in [0.1, 0.15) is 24.9 Å². The normalized spacial score (nSPS) is 19.2. The van der Waals surface area contributed by atoms with E-state index in [4.69, 9.17) is 17.3 Å². The van der Waals surface area contributed by atoms with Gasteiger partial charge in [0.1, 0.15) is 5.82 Å². The second-order valence-corrected chi connectivity index (χ2v) is 5.94. The first-order valence-corrected chi connectivity index (χ1v) is 7.23. The zero-order valence-electron chi connectivity index (χ0n) is 11.6. The molecule has 1 aromatic heterocycles. The maximum Gasteiger partial charge on any atom is 0.266 e. The van der Waals surface area contributed by atoms with Crippen LogP contribution in [0.2, 0.25) is 5.02 Å². The molecule has 2 N–H and O–H groups in total. The smallest absolute Gasteiger partial charge is 0.266 e. The molecule has 0 saturated carbocycles. The number of alkyl halides is 2. The van der Waals surface area contributed by atoms with Crippen LogP contribution in [-0.2, 0) is 0 Å². The Kier molecular flexibility index (Phi) is 3.50. The van der Waals surface area contributed by atoms with Crippen molar-refractivity contribution in [2.45, 2.75) is 25.3 Å². The van der Waals surface area contributed by atoms with Gasteiger partial charge in [0, 0.05) is 30.0 Å². The molecule has 1 fully saturated rings. The molecule has 0 bridgehead atoms. The number of pyridine rings is 1. The maximum absolute atomic E-state index is 13.5. The van der Waals surface area contributed by atoms with Crippen LogP contribution in [0, 0.1) is 0 Å². The van der Waals surface area contributed by atoms with Crippen LogP contribution in [0.5, 0.6) is 0 Å². The van der Waals surface area contributed by atoms with Gasteiger partial charge < -0.3 is 10.6 Å². The van der Waals surface area contributed by atoms with Gasteiger partial charge in [0.2, 0.25) is 0 Å². The van der Waals surface area contributed by atoms with E-state index in [1.165, 1.54) is 0 Å². The fourth-order valence-corrected chi connectivity index (χ4v) is 2.90. The van der Waals surface area contributed by atoms with Crippen LogP contribution in [0.25, 0.3) is 10.9 Å². The molecule has 1 aliphatic heterocycles. The molecule has 0 spiro atoms. The highest BCUT2D eigenvalue weighted by Gasteiger charge is 2.39. The van der Waals surface area contributed by atoms with Crippen LogP contribution in [0.15, 0.2) is 24.3 Å². The first kappa shape index (κ1) is 14.5. The average molecular weight is 312 g/mol. The molecule has 1 atom stereocenters. The average Bonchev–Trinajstić information content (AvgIpc) is 2.78. The molecule has 1 saturated heterocycles. The molecule has 0 amide bonds. The predicted octanol–water partition coefficient (Wildman–Crippen LogP) is 3.75. The first-order valence-electron chi connectivity index (χ1n) is 6.85. The summed E-state index contributed by atoms with van der Waals surface area (Å²) in [6, 6.07) is 7.07. The molecule has 0 aliphatic carbocycles. The van der Waals surface area contributed by atoms with Crippen molar-refractivity contribution < 1.29 is 8.78 Å². The number of aromatic nitrogens is 1. The van der Waals surface area contributed by atoms with E-state index in [0.29, 0.717) is 16.4 Å². The van der Waals surface area contributed by atoms with Crippen molar-refractivity contribution in [2.75, 3.05) is 18.0 Å². The van der Waals surface area contributed by atoms with Crippen LogP contribution in [0.3, 0.4) is 0 Å². The quantitative estimate of drug-likeness (QED) is 0.918. The summed E-state index contributed by atoms with van der Waals surface area (Å²) in [5.74, 6) is -2.16. The number of hydrogen-bond acceptors (Lipinski definition) is 3. The topological polar surface area (TPSA) is 42.1 Å². The minimum atomic E-state index is -2.67. The van der Waals surface area contributed by atoms with Gasteiger partial charge in [0.05, 0.1) is 17.1 Å². The Labute approximate surface area is 126 Å². The summed E-state index contributed by atoms with van der Waals surface area (Å²) in [6.45, 7) is 1.77. The maximum atomic E-state index is 13.5. The highest BCUT2D eigenvalue weighted by atomic mass is 35.5. The Bertz CT molecular complexity index is 688. The molecule has 2 heterocycles. The van der Waals surface area contributed by atoms with Gasteiger partial charge in [0.25, 0.3) is 5.92 Å². The second-order valence-electron chi connectivity index (χ2n) is 5.53. The monoisotopic (exact) mass is 311 g/mol. The van der Waals surface area contributed by atoms with Gasteiger partial charge in [-0.2, -0.15) is 0 Å². The molecule has 112 valence electrons. The summed E-state index contributed by atoms with van der Waals surface area (Å²) < 4.78 is 27.0. The summed E-state index contributed by atoms with van der Waals surface area (Å²) in [4.78, 5) is 6.12. The van der Waals surface area contributed by atoms with E-state index in [2.05, 4.69) is 4.98 Å². The van der Waals surface area contributed by atoms with Crippen molar-refractivity contribution in [1.82, 2.24) is 4.98 Å². The Morgan fingerprint density at radius 2 is 2.19 bits per heavy atom. The zero-order chi connectivity index (χ0) is 15.2. The van der Waals surface area contributed by atoms with E-state index in [1.54, 1.807) is 11.0 Å². The number of para-hydroxylation sites is 1.